The van der Waals surface area contributed by atoms with Crippen molar-refractivity contribution < 1.29 is 4.74 Å². The molecule has 1 unspecified atom stereocenters. The molecule has 1 aromatic carbocycles. The van der Waals surface area contributed by atoms with E-state index in [1.807, 2.05) is 6.92 Å². The Hall–Kier alpha value is -1.43. The van der Waals surface area contributed by atoms with Crippen LogP contribution >= 0.6 is 34.8 Å². The molecule has 0 saturated carbocycles. The van der Waals surface area contributed by atoms with Gasteiger partial charge in [0.05, 0.1) is 28.5 Å². The van der Waals surface area contributed by atoms with Crippen LogP contribution in [0.1, 0.15) is 6.92 Å². The van der Waals surface area contributed by atoms with Gasteiger partial charge in [0.2, 0.25) is 0 Å². The summed E-state index contributed by atoms with van der Waals surface area (Å²) in [4.78, 5) is 13.3. The highest BCUT2D eigenvalue weighted by Gasteiger charge is 2.14. The highest BCUT2D eigenvalue weighted by molar-refractivity contribution is 6.42. The van der Waals surface area contributed by atoms with Crippen molar-refractivity contribution in [1.29, 1.82) is 0 Å². The standard InChI is InChI=1S/C14H14Cl3N3O2/c1-8(22-9-3-4-10(15)11(16)5-9)7-20(2)12-6-18-19-14(21)13(12)17/h3-6,8H,7H2,1-2H3,(H,19,21). The lowest BCUT2D eigenvalue weighted by molar-refractivity contribution is 0.228. The quantitative estimate of drug-likeness (QED) is 0.882. The van der Waals surface area contributed by atoms with E-state index >= 15 is 0 Å². The molecule has 0 aliphatic carbocycles. The summed E-state index contributed by atoms with van der Waals surface area (Å²) in [5.74, 6) is 0.616. The molecule has 0 aliphatic heterocycles. The SMILES string of the molecule is CC(CN(C)c1cn[nH]c(=O)c1Cl)Oc1ccc(Cl)c(Cl)c1. The third-order valence-corrected chi connectivity index (χ3v) is 4.05. The molecule has 0 aliphatic rings. The van der Waals surface area contributed by atoms with Crippen molar-refractivity contribution in [2.45, 2.75) is 13.0 Å². The largest absolute Gasteiger partial charge is 0.489 e. The third kappa shape index (κ3) is 4.06. The van der Waals surface area contributed by atoms with E-state index in [0.29, 0.717) is 28.0 Å². The zero-order valence-electron chi connectivity index (χ0n) is 11.9. The molecule has 1 heterocycles. The third-order valence-electron chi connectivity index (χ3n) is 2.95. The fourth-order valence-electron chi connectivity index (χ4n) is 1.94. The zero-order valence-corrected chi connectivity index (χ0v) is 14.2. The van der Waals surface area contributed by atoms with Crippen molar-refractivity contribution in [3.05, 3.63) is 49.8 Å². The van der Waals surface area contributed by atoms with Gasteiger partial charge in [0.1, 0.15) is 16.9 Å². The van der Waals surface area contributed by atoms with E-state index in [9.17, 15) is 4.79 Å². The maximum absolute atomic E-state index is 11.5. The average molecular weight is 363 g/mol. The number of halogens is 3. The molecular weight excluding hydrogens is 349 g/mol. The zero-order chi connectivity index (χ0) is 16.3. The molecule has 1 atom stereocenters. The molecule has 2 aromatic rings. The lowest BCUT2D eigenvalue weighted by Gasteiger charge is -2.24. The number of H-pyrrole nitrogens is 1. The minimum absolute atomic E-state index is 0.0965. The van der Waals surface area contributed by atoms with Crippen LogP contribution in [0.25, 0.3) is 0 Å². The van der Waals surface area contributed by atoms with E-state index < -0.39 is 5.56 Å². The summed E-state index contributed by atoms with van der Waals surface area (Å²) >= 11 is 17.8. The number of nitrogens with one attached hydrogen (secondary N) is 1. The molecule has 1 aromatic heterocycles. The van der Waals surface area contributed by atoms with Crippen LogP contribution in [0.5, 0.6) is 5.75 Å². The number of aromatic amines is 1. The maximum atomic E-state index is 11.5. The molecule has 2 rings (SSSR count). The van der Waals surface area contributed by atoms with Crippen LogP contribution in [0.4, 0.5) is 5.69 Å². The lowest BCUT2D eigenvalue weighted by Crippen LogP contribution is -2.32. The van der Waals surface area contributed by atoms with Crippen molar-refractivity contribution in [3.8, 4) is 5.75 Å². The number of benzene rings is 1. The molecule has 0 radical (unpaired) electrons. The molecular formula is C14H14Cl3N3O2. The van der Waals surface area contributed by atoms with Gasteiger partial charge in [-0.3, -0.25) is 4.79 Å². The summed E-state index contributed by atoms with van der Waals surface area (Å²) in [6.07, 6.45) is 1.33. The second kappa shape index (κ2) is 7.22. The van der Waals surface area contributed by atoms with Gasteiger partial charge in [-0.25, -0.2) is 5.10 Å². The Bertz CT molecular complexity index is 721. The molecule has 0 fully saturated rings. The van der Waals surface area contributed by atoms with Crippen molar-refractivity contribution in [2.24, 2.45) is 0 Å². The molecule has 0 saturated heterocycles. The van der Waals surface area contributed by atoms with Crippen LogP contribution < -0.4 is 15.2 Å². The first-order chi connectivity index (χ1) is 10.4. The molecule has 118 valence electrons. The smallest absolute Gasteiger partial charge is 0.285 e. The summed E-state index contributed by atoms with van der Waals surface area (Å²) < 4.78 is 5.78. The van der Waals surface area contributed by atoms with Gasteiger partial charge < -0.3 is 9.64 Å². The topological polar surface area (TPSA) is 58.2 Å². The van der Waals surface area contributed by atoms with Crippen molar-refractivity contribution in [1.82, 2.24) is 10.2 Å². The van der Waals surface area contributed by atoms with Crippen molar-refractivity contribution >= 4 is 40.5 Å². The number of anilines is 1. The van der Waals surface area contributed by atoms with Gasteiger partial charge in [-0.1, -0.05) is 34.8 Å². The second-order valence-electron chi connectivity index (χ2n) is 4.78. The van der Waals surface area contributed by atoms with E-state index in [-0.39, 0.29) is 11.1 Å². The van der Waals surface area contributed by atoms with Crippen molar-refractivity contribution in [3.63, 3.8) is 0 Å². The van der Waals surface area contributed by atoms with E-state index in [1.165, 1.54) is 6.20 Å². The van der Waals surface area contributed by atoms with Gasteiger partial charge in [0.15, 0.2) is 0 Å². The molecule has 22 heavy (non-hydrogen) atoms. The van der Waals surface area contributed by atoms with Crippen LogP contribution in [-0.4, -0.2) is 29.9 Å². The van der Waals surface area contributed by atoms with Crippen molar-refractivity contribution in [2.75, 3.05) is 18.5 Å². The number of hydrogen-bond acceptors (Lipinski definition) is 4. The average Bonchev–Trinajstić information content (AvgIpc) is 2.45. The first kappa shape index (κ1) is 16.9. The summed E-state index contributed by atoms with van der Waals surface area (Å²) in [6, 6.07) is 5.07. The van der Waals surface area contributed by atoms with Crippen LogP contribution in [0, 0.1) is 0 Å². The minimum Gasteiger partial charge on any atom is -0.489 e. The Morgan fingerprint density at radius 3 is 2.73 bits per heavy atom. The van der Waals surface area contributed by atoms with Crippen LogP contribution in [0.2, 0.25) is 15.1 Å². The Labute approximate surface area is 142 Å². The van der Waals surface area contributed by atoms with E-state index in [0.717, 1.165) is 0 Å². The Morgan fingerprint density at radius 2 is 2.05 bits per heavy atom. The van der Waals surface area contributed by atoms with Gasteiger partial charge in [0, 0.05) is 13.1 Å². The number of aromatic nitrogens is 2. The normalized spacial score (nSPS) is 12.0. The second-order valence-corrected chi connectivity index (χ2v) is 5.98. The monoisotopic (exact) mass is 361 g/mol. The fraction of sp³-hybridized carbons (Fsp3) is 0.286. The molecule has 8 heteroatoms. The number of rotatable bonds is 5. The summed E-state index contributed by atoms with van der Waals surface area (Å²) in [5.41, 5.74) is 0.110. The molecule has 0 bridgehead atoms. The van der Waals surface area contributed by atoms with Gasteiger partial charge >= 0.3 is 0 Å². The van der Waals surface area contributed by atoms with Crippen LogP contribution in [0.15, 0.2) is 29.2 Å². The predicted molar refractivity (Wildman–Crippen MR) is 89.7 cm³/mol. The van der Waals surface area contributed by atoms with E-state index in [4.69, 9.17) is 39.5 Å². The van der Waals surface area contributed by atoms with Gasteiger partial charge in [0.25, 0.3) is 5.56 Å². The number of nitrogens with zero attached hydrogens (tertiary/aromatic N) is 2. The molecule has 1 N–H and O–H groups in total. The lowest BCUT2D eigenvalue weighted by atomic mass is 10.3. The summed E-state index contributed by atoms with van der Waals surface area (Å²) in [6.45, 7) is 2.40. The number of likely N-dealkylation sites (N-methyl/N-ethyl adjacent to an activating group) is 1. The van der Waals surface area contributed by atoms with Gasteiger partial charge in [-0.15, -0.1) is 0 Å². The highest BCUT2D eigenvalue weighted by Crippen LogP contribution is 2.27. The fourth-order valence-corrected chi connectivity index (χ4v) is 2.47. The number of hydrogen-bond donors (Lipinski definition) is 1. The Balaban J connectivity index is 2.04. The Kier molecular flexibility index (Phi) is 5.56. The van der Waals surface area contributed by atoms with Crippen LogP contribution in [0.3, 0.4) is 0 Å². The summed E-state index contributed by atoms with van der Waals surface area (Å²) in [7, 11) is 1.80. The molecule has 5 nitrogen and oxygen atoms in total. The number of ether oxygens (including phenoxy) is 1. The molecule has 0 amide bonds. The first-order valence-corrected chi connectivity index (χ1v) is 7.58. The van der Waals surface area contributed by atoms with Gasteiger partial charge in [-0.05, 0) is 19.1 Å². The van der Waals surface area contributed by atoms with Gasteiger partial charge in [-0.2, -0.15) is 5.10 Å². The highest BCUT2D eigenvalue weighted by atomic mass is 35.5. The first-order valence-electron chi connectivity index (χ1n) is 6.44. The Morgan fingerprint density at radius 1 is 1.32 bits per heavy atom. The predicted octanol–water partition coefficient (Wildman–Crippen LogP) is 3.63. The maximum Gasteiger partial charge on any atom is 0.285 e. The van der Waals surface area contributed by atoms with Crippen LogP contribution in [-0.2, 0) is 0 Å². The molecule has 0 spiro atoms. The summed E-state index contributed by atoms with van der Waals surface area (Å²) in [5, 5.41) is 7.02. The van der Waals surface area contributed by atoms with E-state index in [2.05, 4.69) is 10.2 Å². The minimum atomic E-state index is -0.427. The van der Waals surface area contributed by atoms with E-state index in [1.54, 1.807) is 30.1 Å².